The van der Waals surface area contributed by atoms with Gasteiger partial charge in [0.25, 0.3) is 0 Å². The number of allylic oxidation sites excluding steroid dienone is 2. The predicted molar refractivity (Wildman–Crippen MR) is 110 cm³/mol. The smallest absolute Gasteiger partial charge is 0.223 e. The molecule has 4 rings (SSSR count). The number of pyridine rings is 1. The lowest BCUT2D eigenvalue weighted by Gasteiger charge is -2.34. The number of Topliss-reactive ketones (excluding diaryl/α,β-unsaturated/α-hetero) is 2. The van der Waals surface area contributed by atoms with Crippen LogP contribution in [0.5, 0.6) is 0 Å². The molecule has 156 valence electrons. The third-order valence-electron chi connectivity index (χ3n) is 5.58. The van der Waals surface area contributed by atoms with E-state index in [9.17, 15) is 18.4 Å². The van der Waals surface area contributed by atoms with Gasteiger partial charge in [-0.3, -0.25) is 9.59 Å². The first kappa shape index (κ1) is 20.6. The van der Waals surface area contributed by atoms with E-state index in [2.05, 4.69) is 9.88 Å². The lowest BCUT2D eigenvalue weighted by Crippen LogP contribution is -2.44. The van der Waals surface area contributed by atoms with Gasteiger partial charge in [0, 0.05) is 55.1 Å². The Morgan fingerprint density at radius 1 is 1.03 bits per heavy atom. The second-order valence-corrected chi connectivity index (χ2v) is 8.03. The van der Waals surface area contributed by atoms with Crippen molar-refractivity contribution in [3.63, 3.8) is 0 Å². The fourth-order valence-corrected chi connectivity index (χ4v) is 4.00. The maximum absolute atomic E-state index is 14.8. The van der Waals surface area contributed by atoms with Crippen LogP contribution in [0.15, 0.2) is 34.9 Å². The summed E-state index contributed by atoms with van der Waals surface area (Å²) in [7, 11) is 2.00. The molecule has 2 aromatic rings. The van der Waals surface area contributed by atoms with E-state index in [1.807, 2.05) is 11.9 Å². The number of halogens is 3. The van der Waals surface area contributed by atoms with Crippen molar-refractivity contribution in [2.75, 3.05) is 38.1 Å². The lowest BCUT2D eigenvalue weighted by atomic mass is 9.88. The number of hydrogen-bond acceptors (Lipinski definition) is 5. The molecule has 1 aromatic heterocycles. The second kappa shape index (κ2) is 7.89. The van der Waals surface area contributed by atoms with E-state index in [0.717, 1.165) is 13.1 Å². The van der Waals surface area contributed by atoms with E-state index < -0.39 is 29.6 Å². The largest absolute Gasteiger partial charge is 0.369 e. The molecule has 2 aliphatic rings. The van der Waals surface area contributed by atoms with Crippen molar-refractivity contribution in [3.05, 3.63) is 69.0 Å². The molecule has 2 heterocycles. The minimum atomic E-state index is -0.769. The number of anilines is 1. The molecule has 1 aromatic carbocycles. The van der Waals surface area contributed by atoms with E-state index in [-0.39, 0.29) is 27.4 Å². The molecule has 0 radical (unpaired) electrons. The summed E-state index contributed by atoms with van der Waals surface area (Å²) in [5.74, 6) is -2.69. The van der Waals surface area contributed by atoms with Crippen LogP contribution >= 0.6 is 11.6 Å². The highest BCUT2D eigenvalue weighted by atomic mass is 35.5. The molecule has 0 saturated carbocycles. The number of aryl methyl sites for hydroxylation is 1. The Morgan fingerprint density at radius 3 is 2.30 bits per heavy atom. The minimum Gasteiger partial charge on any atom is -0.369 e. The first-order valence-corrected chi connectivity index (χ1v) is 10.0. The molecule has 0 amide bonds. The highest BCUT2D eigenvalue weighted by molar-refractivity contribution is 6.49. The first-order chi connectivity index (χ1) is 14.3. The molecule has 1 saturated heterocycles. The molecular formula is C22H20ClF2N3O2. The number of piperazine rings is 1. The highest BCUT2D eigenvalue weighted by Crippen LogP contribution is 2.32. The standard InChI is InChI=1S/C22H20ClF2N3O2/c1-12-3-4-14-20(26-12)22(30)19(23)16(21(14)29)11-15-17(24)9-13(10-18(15)25)28-7-5-27(2)6-8-28/h3-4,9-10H,5-8,11H2,1-2H3. The van der Waals surface area contributed by atoms with Gasteiger partial charge in [0.05, 0.1) is 10.6 Å². The number of nitrogens with zero attached hydrogens (tertiary/aromatic N) is 3. The van der Waals surface area contributed by atoms with Crippen molar-refractivity contribution < 1.29 is 18.4 Å². The molecule has 0 bridgehead atoms. The molecule has 1 aliphatic heterocycles. The van der Waals surface area contributed by atoms with Gasteiger partial charge in [0.1, 0.15) is 17.3 Å². The molecule has 1 fully saturated rings. The fourth-order valence-electron chi connectivity index (χ4n) is 3.76. The lowest BCUT2D eigenvalue weighted by molar-refractivity contribution is 0.0975. The average Bonchev–Trinajstić information content (AvgIpc) is 2.71. The Morgan fingerprint density at radius 2 is 1.67 bits per heavy atom. The summed E-state index contributed by atoms with van der Waals surface area (Å²) in [5.41, 5.74) is 0.688. The zero-order valence-corrected chi connectivity index (χ0v) is 17.4. The molecule has 0 spiro atoms. The number of benzene rings is 1. The van der Waals surface area contributed by atoms with E-state index in [0.29, 0.717) is 24.5 Å². The van der Waals surface area contributed by atoms with Gasteiger partial charge in [-0.05, 0) is 38.2 Å². The molecule has 0 N–H and O–H groups in total. The van der Waals surface area contributed by atoms with Crippen LogP contribution in [0.25, 0.3) is 0 Å². The Labute approximate surface area is 177 Å². The average molecular weight is 432 g/mol. The fraction of sp³-hybridized carbons (Fsp3) is 0.318. The van der Waals surface area contributed by atoms with Crippen LogP contribution in [-0.4, -0.2) is 54.7 Å². The summed E-state index contributed by atoms with van der Waals surface area (Å²) in [6, 6.07) is 5.63. The summed E-state index contributed by atoms with van der Waals surface area (Å²) < 4.78 is 29.7. The number of fused-ring (bicyclic) bond motifs is 1. The van der Waals surface area contributed by atoms with Crippen LogP contribution in [0.3, 0.4) is 0 Å². The Balaban J connectivity index is 1.66. The monoisotopic (exact) mass is 431 g/mol. The second-order valence-electron chi connectivity index (χ2n) is 7.65. The number of hydrogen-bond donors (Lipinski definition) is 0. The molecule has 0 unspecified atom stereocenters. The van der Waals surface area contributed by atoms with Crippen LogP contribution in [-0.2, 0) is 6.42 Å². The van der Waals surface area contributed by atoms with Crippen molar-refractivity contribution >= 4 is 28.9 Å². The third kappa shape index (κ3) is 3.63. The quantitative estimate of drug-likeness (QED) is 0.744. The van der Waals surface area contributed by atoms with Crippen LogP contribution in [0.4, 0.5) is 14.5 Å². The van der Waals surface area contributed by atoms with Crippen molar-refractivity contribution in [3.8, 4) is 0 Å². The molecule has 0 atom stereocenters. The molecule has 5 nitrogen and oxygen atoms in total. The SMILES string of the molecule is Cc1ccc2c(n1)C(=O)C(Cl)=C(Cc1c(F)cc(N3CCN(C)CC3)cc1F)C2=O. The first-order valence-electron chi connectivity index (χ1n) is 9.63. The van der Waals surface area contributed by atoms with Gasteiger partial charge < -0.3 is 9.80 Å². The maximum atomic E-state index is 14.8. The molecular weight excluding hydrogens is 412 g/mol. The summed E-state index contributed by atoms with van der Waals surface area (Å²) in [5, 5.41) is -0.340. The van der Waals surface area contributed by atoms with E-state index in [1.165, 1.54) is 18.2 Å². The minimum absolute atomic E-state index is 0.0277. The summed E-state index contributed by atoms with van der Waals surface area (Å²) in [6.07, 6.45) is -0.405. The van der Waals surface area contributed by atoms with Gasteiger partial charge in [-0.15, -0.1) is 0 Å². The van der Waals surface area contributed by atoms with Crippen LogP contribution < -0.4 is 4.90 Å². The van der Waals surface area contributed by atoms with Crippen molar-refractivity contribution in [2.45, 2.75) is 13.3 Å². The van der Waals surface area contributed by atoms with E-state index >= 15 is 0 Å². The molecule has 8 heteroatoms. The summed E-state index contributed by atoms with van der Waals surface area (Å²) in [4.78, 5) is 33.6. The zero-order chi connectivity index (χ0) is 21.6. The number of rotatable bonds is 3. The van der Waals surface area contributed by atoms with Crippen molar-refractivity contribution in [1.29, 1.82) is 0 Å². The van der Waals surface area contributed by atoms with E-state index in [4.69, 9.17) is 11.6 Å². The van der Waals surface area contributed by atoms with Crippen LogP contribution in [0.2, 0.25) is 0 Å². The topological polar surface area (TPSA) is 53.5 Å². The number of carbonyl (C=O) groups is 2. The van der Waals surface area contributed by atoms with Gasteiger partial charge in [-0.1, -0.05) is 11.6 Å². The summed E-state index contributed by atoms with van der Waals surface area (Å²) in [6.45, 7) is 4.63. The predicted octanol–water partition coefficient (Wildman–Crippen LogP) is 3.53. The number of carbonyl (C=O) groups excluding carboxylic acids is 2. The number of aromatic nitrogens is 1. The van der Waals surface area contributed by atoms with Gasteiger partial charge in [-0.25, -0.2) is 13.8 Å². The van der Waals surface area contributed by atoms with Gasteiger partial charge in [0.2, 0.25) is 5.78 Å². The summed E-state index contributed by atoms with van der Waals surface area (Å²) >= 11 is 6.14. The maximum Gasteiger partial charge on any atom is 0.223 e. The Kier molecular flexibility index (Phi) is 5.42. The Hall–Kier alpha value is -2.64. The van der Waals surface area contributed by atoms with Crippen molar-refractivity contribution in [2.24, 2.45) is 0 Å². The number of likely N-dealkylation sites (N-methyl/N-ethyl adjacent to an activating group) is 1. The highest BCUT2D eigenvalue weighted by Gasteiger charge is 2.33. The van der Waals surface area contributed by atoms with Crippen LogP contribution in [0.1, 0.15) is 32.1 Å². The third-order valence-corrected chi connectivity index (χ3v) is 5.98. The van der Waals surface area contributed by atoms with Gasteiger partial charge in [0.15, 0.2) is 5.78 Å². The Bertz CT molecular complexity index is 1070. The normalized spacial score (nSPS) is 17.6. The molecule has 1 aliphatic carbocycles. The zero-order valence-electron chi connectivity index (χ0n) is 16.6. The number of ketones is 2. The molecule has 30 heavy (non-hydrogen) atoms. The van der Waals surface area contributed by atoms with Crippen molar-refractivity contribution in [1.82, 2.24) is 9.88 Å². The van der Waals surface area contributed by atoms with Gasteiger partial charge >= 0.3 is 0 Å². The van der Waals surface area contributed by atoms with Gasteiger partial charge in [-0.2, -0.15) is 0 Å². The van der Waals surface area contributed by atoms with Crippen LogP contribution in [0, 0.1) is 18.6 Å². The van der Waals surface area contributed by atoms with E-state index in [1.54, 1.807) is 13.0 Å².